The third kappa shape index (κ3) is 8.04. The molecule has 0 radical (unpaired) electrons. The van der Waals surface area contributed by atoms with E-state index < -0.39 is 15.6 Å². The smallest absolute Gasteiger partial charge is 0.213 e. The lowest BCUT2D eigenvalue weighted by Crippen LogP contribution is -2.48. The van der Waals surface area contributed by atoms with E-state index in [1.165, 1.54) is 0 Å². The summed E-state index contributed by atoms with van der Waals surface area (Å²) in [6.07, 6.45) is 0. The van der Waals surface area contributed by atoms with Gasteiger partial charge < -0.3 is 10.1 Å². The lowest BCUT2D eigenvalue weighted by molar-refractivity contribution is 0.141. The van der Waals surface area contributed by atoms with Crippen LogP contribution in [0, 0.1) is 0 Å². The van der Waals surface area contributed by atoms with Crippen LogP contribution in [-0.4, -0.2) is 46.0 Å². The third-order valence-corrected chi connectivity index (χ3v) is 3.47. The van der Waals surface area contributed by atoms with Crippen molar-refractivity contribution in [1.82, 2.24) is 10.0 Å². The van der Waals surface area contributed by atoms with Crippen LogP contribution in [0.15, 0.2) is 0 Å². The lowest BCUT2D eigenvalue weighted by atomic mass is 10.1. The molecule has 0 aliphatic rings. The molecule has 0 saturated carbocycles. The molecule has 98 valence electrons. The van der Waals surface area contributed by atoms with Gasteiger partial charge in [-0.25, -0.2) is 13.1 Å². The quantitative estimate of drug-likeness (QED) is 0.653. The van der Waals surface area contributed by atoms with Gasteiger partial charge in [-0.05, 0) is 13.8 Å². The summed E-state index contributed by atoms with van der Waals surface area (Å²) in [7, 11) is -1.70. The minimum absolute atomic E-state index is 0.0817. The molecule has 0 atom stereocenters. The number of ether oxygens (including phenoxy) is 1. The van der Waals surface area contributed by atoms with Gasteiger partial charge in [0.25, 0.3) is 0 Å². The number of sulfonamides is 1. The van der Waals surface area contributed by atoms with Crippen LogP contribution in [0.1, 0.15) is 27.7 Å². The van der Waals surface area contributed by atoms with Crippen LogP contribution in [0.3, 0.4) is 0 Å². The molecule has 0 aliphatic carbocycles. The van der Waals surface area contributed by atoms with Gasteiger partial charge in [-0.1, -0.05) is 13.8 Å². The fourth-order valence-corrected chi connectivity index (χ4v) is 2.73. The summed E-state index contributed by atoms with van der Waals surface area (Å²) in [6, 6.07) is 0.294. The molecule has 0 aromatic carbocycles. The first kappa shape index (κ1) is 15.8. The Kier molecular flexibility index (Phi) is 6.47. The topological polar surface area (TPSA) is 67.4 Å². The van der Waals surface area contributed by atoms with Crippen molar-refractivity contribution in [2.24, 2.45) is 0 Å². The van der Waals surface area contributed by atoms with Gasteiger partial charge in [0.15, 0.2) is 0 Å². The molecule has 0 aromatic heterocycles. The van der Waals surface area contributed by atoms with Crippen molar-refractivity contribution >= 4 is 10.0 Å². The molecule has 0 heterocycles. The van der Waals surface area contributed by atoms with E-state index in [1.54, 1.807) is 21.0 Å². The van der Waals surface area contributed by atoms with E-state index in [0.717, 1.165) is 0 Å². The summed E-state index contributed by atoms with van der Waals surface area (Å²) >= 11 is 0. The maximum atomic E-state index is 11.7. The van der Waals surface area contributed by atoms with Crippen LogP contribution in [0.2, 0.25) is 0 Å². The minimum Gasteiger partial charge on any atom is -0.383 e. The highest BCUT2D eigenvalue weighted by molar-refractivity contribution is 7.89. The number of methoxy groups -OCH3 is 1. The summed E-state index contributed by atoms with van der Waals surface area (Å²) in [5.74, 6) is 0.0817. The molecule has 6 heteroatoms. The van der Waals surface area contributed by atoms with E-state index in [2.05, 4.69) is 10.0 Å². The zero-order chi connectivity index (χ0) is 12.8. The molecule has 0 aromatic rings. The second-order valence-electron chi connectivity index (χ2n) is 4.85. The summed E-state index contributed by atoms with van der Waals surface area (Å²) < 4.78 is 31.0. The molecule has 0 amide bonds. The van der Waals surface area contributed by atoms with Crippen LogP contribution in [0.5, 0.6) is 0 Å². The Morgan fingerprint density at radius 2 is 1.88 bits per heavy atom. The molecule has 0 fully saturated rings. The van der Waals surface area contributed by atoms with Gasteiger partial charge in [-0.3, -0.25) is 0 Å². The highest BCUT2D eigenvalue weighted by Gasteiger charge is 2.24. The van der Waals surface area contributed by atoms with Gasteiger partial charge in [0.2, 0.25) is 10.0 Å². The molecule has 5 nitrogen and oxygen atoms in total. The maximum Gasteiger partial charge on any atom is 0.213 e. The molecule has 16 heavy (non-hydrogen) atoms. The average Bonchev–Trinajstić information content (AvgIpc) is 1.99. The maximum absolute atomic E-state index is 11.7. The lowest BCUT2D eigenvalue weighted by Gasteiger charge is -2.25. The predicted molar refractivity (Wildman–Crippen MR) is 66.0 cm³/mol. The molecule has 0 aliphatic heterocycles. The normalized spacial score (nSPS) is 13.4. The van der Waals surface area contributed by atoms with E-state index in [9.17, 15) is 8.42 Å². The number of nitrogens with one attached hydrogen (secondary N) is 2. The molecule has 2 N–H and O–H groups in total. The summed E-state index contributed by atoms with van der Waals surface area (Å²) in [6.45, 7) is 8.36. The van der Waals surface area contributed by atoms with Gasteiger partial charge in [-0.2, -0.15) is 0 Å². The Labute approximate surface area is 99.0 Å². The summed E-state index contributed by atoms with van der Waals surface area (Å²) in [5, 5.41) is 3.07. The zero-order valence-electron chi connectivity index (χ0n) is 10.8. The first-order valence-electron chi connectivity index (χ1n) is 5.42. The van der Waals surface area contributed by atoms with Crippen LogP contribution in [0.25, 0.3) is 0 Å². The summed E-state index contributed by atoms with van der Waals surface area (Å²) in [4.78, 5) is 0. The standard InChI is InChI=1S/C10H24N2O3S/c1-9(2)11-6-7-16(13,14)12-10(3,4)8-15-5/h9,11-12H,6-8H2,1-5H3. The zero-order valence-corrected chi connectivity index (χ0v) is 11.6. The second kappa shape index (κ2) is 6.54. The monoisotopic (exact) mass is 252 g/mol. The minimum atomic E-state index is -3.25. The van der Waals surface area contributed by atoms with Gasteiger partial charge >= 0.3 is 0 Å². The first-order chi connectivity index (χ1) is 7.18. The molecule has 0 spiro atoms. The van der Waals surface area contributed by atoms with Crippen molar-refractivity contribution in [3.05, 3.63) is 0 Å². The van der Waals surface area contributed by atoms with Crippen molar-refractivity contribution in [3.63, 3.8) is 0 Å². The van der Waals surface area contributed by atoms with Crippen LogP contribution in [-0.2, 0) is 14.8 Å². The Morgan fingerprint density at radius 1 is 1.31 bits per heavy atom. The number of hydrogen-bond acceptors (Lipinski definition) is 4. The Hall–Kier alpha value is -0.170. The van der Waals surface area contributed by atoms with Crippen molar-refractivity contribution in [1.29, 1.82) is 0 Å². The third-order valence-electron chi connectivity index (χ3n) is 1.86. The first-order valence-corrected chi connectivity index (χ1v) is 7.08. The molecule has 0 bridgehead atoms. The van der Waals surface area contributed by atoms with Crippen molar-refractivity contribution < 1.29 is 13.2 Å². The predicted octanol–water partition coefficient (Wildman–Crippen LogP) is 0.329. The van der Waals surface area contributed by atoms with Gasteiger partial charge in [0, 0.05) is 19.7 Å². The SMILES string of the molecule is COCC(C)(C)NS(=O)(=O)CCNC(C)C. The van der Waals surface area contributed by atoms with Crippen molar-refractivity contribution in [2.45, 2.75) is 39.3 Å². The fraction of sp³-hybridized carbons (Fsp3) is 1.00. The van der Waals surface area contributed by atoms with Crippen molar-refractivity contribution in [2.75, 3.05) is 26.0 Å². The largest absolute Gasteiger partial charge is 0.383 e. The van der Waals surface area contributed by atoms with Crippen molar-refractivity contribution in [3.8, 4) is 0 Å². The molecule has 0 rings (SSSR count). The van der Waals surface area contributed by atoms with Crippen LogP contribution >= 0.6 is 0 Å². The Bertz CT molecular complexity index is 286. The Morgan fingerprint density at radius 3 is 2.31 bits per heavy atom. The molecular weight excluding hydrogens is 228 g/mol. The summed E-state index contributed by atoms with van der Waals surface area (Å²) in [5.41, 5.74) is -0.564. The highest BCUT2D eigenvalue weighted by Crippen LogP contribution is 2.04. The van der Waals surface area contributed by atoms with Gasteiger partial charge in [-0.15, -0.1) is 0 Å². The second-order valence-corrected chi connectivity index (χ2v) is 6.69. The molecular formula is C10H24N2O3S. The van der Waals surface area contributed by atoms with E-state index in [1.807, 2.05) is 13.8 Å². The average molecular weight is 252 g/mol. The van der Waals surface area contributed by atoms with E-state index in [4.69, 9.17) is 4.74 Å². The highest BCUT2D eigenvalue weighted by atomic mass is 32.2. The van der Waals surface area contributed by atoms with Gasteiger partial charge in [0.05, 0.1) is 17.9 Å². The fourth-order valence-electron chi connectivity index (χ4n) is 1.34. The van der Waals surface area contributed by atoms with Gasteiger partial charge in [0.1, 0.15) is 0 Å². The van der Waals surface area contributed by atoms with E-state index in [-0.39, 0.29) is 5.75 Å². The van der Waals surface area contributed by atoms with E-state index >= 15 is 0 Å². The van der Waals surface area contributed by atoms with Crippen LogP contribution < -0.4 is 10.0 Å². The molecule has 0 unspecified atom stereocenters. The van der Waals surface area contributed by atoms with E-state index in [0.29, 0.717) is 19.2 Å². The number of hydrogen-bond donors (Lipinski definition) is 2. The number of rotatable bonds is 8. The van der Waals surface area contributed by atoms with Crippen LogP contribution in [0.4, 0.5) is 0 Å². The Balaban J connectivity index is 4.14. The molecule has 0 saturated heterocycles.